The van der Waals surface area contributed by atoms with E-state index in [9.17, 15) is 4.79 Å². The molecule has 0 aliphatic rings. The van der Waals surface area contributed by atoms with Crippen molar-refractivity contribution in [2.24, 2.45) is 5.73 Å². The number of nitrogens with two attached hydrogens (primary N) is 1. The van der Waals surface area contributed by atoms with E-state index in [1.165, 1.54) is 5.56 Å². The number of hydrogen-bond acceptors (Lipinski definition) is 3. The molecule has 120 valence electrons. The molecule has 0 saturated heterocycles. The number of ether oxygens (including phenoxy) is 1. The van der Waals surface area contributed by atoms with E-state index in [2.05, 4.69) is 17.4 Å². The van der Waals surface area contributed by atoms with E-state index in [1.807, 2.05) is 26.0 Å². The Morgan fingerprint density at radius 2 is 1.90 bits per heavy atom. The zero-order valence-corrected chi connectivity index (χ0v) is 13.9. The summed E-state index contributed by atoms with van der Waals surface area (Å²) in [5.74, 6) is 0.815. The smallest absolute Gasteiger partial charge is 0.237 e. The fraction of sp³-hybridized carbons (Fsp3) is 0.562. The maximum absolute atomic E-state index is 11.8. The van der Waals surface area contributed by atoms with Gasteiger partial charge in [0.2, 0.25) is 5.91 Å². The third-order valence-electron chi connectivity index (χ3n) is 3.35. The van der Waals surface area contributed by atoms with E-state index < -0.39 is 0 Å². The quantitative estimate of drug-likeness (QED) is 0.775. The summed E-state index contributed by atoms with van der Waals surface area (Å²) in [6, 6.07) is 7.76. The van der Waals surface area contributed by atoms with Crippen molar-refractivity contribution >= 4 is 18.3 Å². The molecule has 1 aromatic carbocycles. The molecule has 0 radical (unpaired) electrons. The molecule has 1 rings (SSSR count). The number of methoxy groups -OCH3 is 1. The van der Waals surface area contributed by atoms with Crippen LogP contribution in [0.1, 0.15) is 38.7 Å². The van der Waals surface area contributed by atoms with E-state index in [4.69, 9.17) is 10.5 Å². The maximum atomic E-state index is 11.8. The number of aryl methyl sites for hydroxylation is 1. The number of rotatable bonds is 8. The molecule has 2 atom stereocenters. The van der Waals surface area contributed by atoms with Gasteiger partial charge in [-0.25, -0.2) is 0 Å². The molecule has 21 heavy (non-hydrogen) atoms. The molecule has 0 bridgehead atoms. The lowest BCUT2D eigenvalue weighted by atomic mass is 10.1. The molecule has 0 aliphatic heterocycles. The lowest BCUT2D eigenvalue weighted by Gasteiger charge is -2.17. The van der Waals surface area contributed by atoms with E-state index in [1.54, 1.807) is 7.11 Å². The van der Waals surface area contributed by atoms with Crippen molar-refractivity contribution in [2.45, 2.75) is 51.6 Å². The van der Waals surface area contributed by atoms with Crippen LogP contribution >= 0.6 is 12.4 Å². The standard InChI is InChI=1S/C16H26N2O2.ClH/c1-4-5-15(17)16(19)18-12(2)6-7-13-8-10-14(20-3)11-9-13;/h8-12,15H,4-7,17H2,1-3H3,(H,18,19);1H. The SMILES string of the molecule is CCCC(N)C(=O)NC(C)CCc1ccc(OC)cc1.Cl. The molecule has 0 spiro atoms. The Morgan fingerprint density at radius 3 is 2.43 bits per heavy atom. The summed E-state index contributed by atoms with van der Waals surface area (Å²) in [5.41, 5.74) is 7.03. The summed E-state index contributed by atoms with van der Waals surface area (Å²) in [5, 5.41) is 2.97. The Morgan fingerprint density at radius 1 is 1.29 bits per heavy atom. The lowest BCUT2D eigenvalue weighted by molar-refractivity contribution is -0.123. The van der Waals surface area contributed by atoms with E-state index >= 15 is 0 Å². The molecule has 0 fully saturated rings. The van der Waals surface area contributed by atoms with Crippen molar-refractivity contribution in [3.05, 3.63) is 29.8 Å². The van der Waals surface area contributed by atoms with Gasteiger partial charge in [-0.15, -0.1) is 12.4 Å². The molecule has 1 amide bonds. The molecular formula is C16H27ClN2O2. The number of carbonyl (C=O) groups is 1. The summed E-state index contributed by atoms with van der Waals surface area (Å²) in [4.78, 5) is 11.8. The third kappa shape index (κ3) is 7.34. The molecule has 1 aromatic rings. The third-order valence-corrected chi connectivity index (χ3v) is 3.35. The first-order chi connectivity index (χ1) is 9.56. The molecule has 3 N–H and O–H groups in total. The van der Waals surface area contributed by atoms with Gasteiger partial charge in [0.1, 0.15) is 5.75 Å². The van der Waals surface area contributed by atoms with E-state index in [0.717, 1.165) is 31.4 Å². The van der Waals surface area contributed by atoms with Crippen molar-refractivity contribution in [1.82, 2.24) is 5.32 Å². The summed E-state index contributed by atoms with van der Waals surface area (Å²) in [6.07, 6.45) is 3.48. The van der Waals surface area contributed by atoms with Crippen LogP contribution in [0.2, 0.25) is 0 Å². The van der Waals surface area contributed by atoms with Crippen LogP contribution in [0.15, 0.2) is 24.3 Å². The second-order valence-corrected chi connectivity index (χ2v) is 5.19. The van der Waals surface area contributed by atoms with Gasteiger partial charge >= 0.3 is 0 Å². The highest BCUT2D eigenvalue weighted by Crippen LogP contribution is 2.13. The zero-order valence-electron chi connectivity index (χ0n) is 13.1. The lowest BCUT2D eigenvalue weighted by Crippen LogP contribution is -2.44. The van der Waals surface area contributed by atoms with Crippen LogP contribution in [0, 0.1) is 0 Å². The predicted octanol–water partition coefficient (Wildman–Crippen LogP) is 2.68. The Kier molecular flexibility index (Phi) is 9.84. The van der Waals surface area contributed by atoms with Gasteiger partial charge in [0, 0.05) is 6.04 Å². The van der Waals surface area contributed by atoms with Crippen molar-refractivity contribution < 1.29 is 9.53 Å². The summed E-state index contributed by atoms with van der Waals surface area (Å²) in [7, 11) is 1.66. The summed E-state index contributed by atoms with van der Waals surface area (Å²) < 4.78 is 5.13. The molecule has 5 heteroatoms. The van der Waals surface area contributed by atoms with Crippen LogP contribution in [0.4, 0.5) is 0 Å². The summed E-state index contributed by atoms with van der Waals surface area (Å²) >= 11 is 0. The predicted molar refractivity (Wildman–Crippen MR) is 89.1 cm³/mol. The molecule has 2 unspecified atom stereocenters. The van der Waals surface area contributed by atoms with Gasteiger partial charge < -0.3 is 15.8 Å². The second kappa shape index (κ2) is 10.5. The largest absolute Gasteiger partial charge is 0.497 e. The van der Waals surface area contributed by atoms with Crippen LogP contribution < -0.4 is 15.8 Å². The number of amides is 1. The molecule has 0 aliphatic carbocycles. The van der Waals surface area contributed by atoms with Crippen molar-refractivity contribution in [1.29, 1.82) is 0 Å². The fourth-order valence-electron chi connectivity index (χ4n) is 2.04. The highest BCUT2D eigenvalue weighted by atomic mass is 35.5. The molecular weight excluding hydrogens is 288 g/mol. The van der Waals surface area contributed by atoms with Gasteiger partial charge in [-0.3, -0.25) is 4.79 Å². The Labute approximate surface area is 133 Å². The minimum absolute atomic E-state index is 0. The van der Waals surface area contributed by atoms with Gasteiger partial charge in [0.05, 0.1) is 13.2 Å². The number of nitrogens with one attached hydrogen (secondary N) is 1. The first-order valence-electron chi connectivity index (χ1n) is 7.25. The van der Waals surface area contributed by atoms with Crippen LogP contribution in [-0.2, 0) is 11.2 Å². The number of carbonyl (C=O) groups excluding carboxylic acids is 1. The second-order valence-electron chi connectivity index (χ2n) is 5.19. The Balaban J connectivity index is 0.00000400. The van der Waals surface area contributed by atoms with Crippen molar-refractivity contribution in [3.8, 4) is 5.75 Å². The molecule has 0 aromatic heterocycles. The highest BCUT2D eigenvalue weighted by molar-refractivity contribution is 5.85. The number of halogens is 1. The average molecular weight is 315 g/mol. The Hall–Kier alpha value is -1.26. The number of hydrogen-bond donors (Lipinski definition) is 2. The van der Waals surface area contributed by atoms with Gasteiger partial charge in [-0.2, -0.15) is 0 Å². The van der Waals surface area contributed by atoms with Crippen LogP contribution in [-0.4, -0.2) is 25.1 Å². The average Bonchev–Trinajstić information content (AvgIpc) is 2.45. The van der Waals surface area contributed by atoms with Crippen LogP contribution in [0.25, 0.3) is 0 Å². The maximum Gasteiger partial charge on any atom is 0.237 e. The van der Waals surface area contributed by atoms with Gasteiger partial charge in [0.15, 0.2) is 0 Å². The monoisotopic (exact) mass is 314 g/mol. The molecule has 0 saturated carbocycles. The van der Waals surface area contributed by atoms with E-state index in [0.29, 0.717) is 0 Å². The molecule has 0 heterocycles. The minimum Gasteiger partial charge on any atom is -0.497 e. The fourth-order valence-corrected chi connectivity index (χ4v) is 2.04. The topological polar surface area (TPSA) is 64.4 Å². The first kappa shape index (κ1) is 19.7. The van der Waals surface area contributed by atoms with Crippen LogP contribution in [0.3, 0.4) is 0 Å². The van der Waals surface area contributed by atoms with Crippen LogP contribution in [0.5, 0.6) is 5.75 Å². The number of benzene rings is 1. The normalized spacial score (nSPS) is 13.0. The Bertz CT molecular complexity index is 409. The van der Waals surface area contributed by atoms with Gasteiger partial charge in [-0.05, 0) is 43.9 Å². The van der Waals surface area contributed by atoms with Crippen molar-refractivity contribution in [2.75, 3.05) is 7.11 Å². The van der Waals surface area contributed by atoms with Gasteiger partial charge in [0.25, 0.3) is 0 Å². The highest BCUT2D eigenvalue weighted by Gasteiger charge is 2.14. The first-order valence-corrected chi connectivity index (χ1v) is 7.25. The molecule has 4 nitrogen and oxygen atoms in total. The zero-order chi connectivity index (χ0) is 15.0. The van der Waals surface area contributed by atoms with Gasteiger partial charge in [-0.1, -0.05) is 25.5 Å². The van der Waals surface area contributed by atoms with Crippen molar-refractivity contribution in [3.63, 3.8) is 0 Å². The van der Waals surface area contributed by atoms with E-state index in [-0.39, 0.29) is 30.4 Å². The minimum atomic E-state index is -0.386. The summed E-state index contributed by atoms with van der Waals surface area (Å²) in [6.45, 7) is 4.04.